The lowest BCUT2D eigenvalue weighted by Crippen LogP contribution is -2.16. The van der Waals surface area contributed by atoms with Crippen molar-refractivity contribution in [2.75, 3.05) is 0 Å². The van der Waals surface area contributed by atoms with Crippen molar-refractivity contribution in [2.24, 2.45) is 5.73 Å². The molecule has 0 saturated carbocycles. The highest BCUT2D eigenvalue weighted by atomic mass is 35.5. The average Bonchev–Trinajstić information content (AvgIpc) is 2.15. The first-order chi connectivity index (χ1) is 7.29. The van der Waals surface area contributed by atoms with E-state index in [1.165, 1.54) is 0 Å². The summed E-state index contributed by atoms with van der Waals surface area (Å²) in [6.45, 7) is -0.610. The molecule has 0 atom stereocenters. The van der Waals surface area contributed by atoms with Crippen molar-refractivity contribution in [1.29, 1.82) is 0 Å². The molecule has 0 radical (unpaired) electrons. The summed E-state index contributed by atoms with van der Waals surface area (Å²) in [6, 6.07) is 0. The second-order valence-electron chi connectivity index (χ2n) is 2.86. The first kappa shape index (κ1) is 13.1. The number of hydrogen-bond donors (Lipinski definition) is 1. The summed E-state index contributed by atoms with van der Waals surface area (Å²) in [5, 5.41) is -0.681. The number of nitrogens with zero attached hydrogens (tertiary/aromatic N) is 1. The highest BCUT2D eigenvalue weighted by Crippen LogP contribution is 2.37. The Labute approximate surface area is 92.2 Å². The lowest BCUT2D eigenvalue weighted by molar-refractivity contribution is -0.141. The van der Waals surface area contributed by atoms with Crippen molar-refractivity contribution in [2.45, 2.75) is 19.1 Å². The molecule has 1 heterocycles. The Bertz CT molecular complexity index is 391. The van der Waals surface area contributed by atoms with Crippen LogP contribution >= 0.6 is 11.6 Å². The SMILES string of the molecule is NCc1c(C(F)(F)F)ncc(C(F)F)c1Cl. The van der Waals surface area contributed by atoms with Crippen LogP contribution in [-0.2, 0) is 12.7 Å². The van der Waals surface area contributed by atoms with E-state index in [1.54, 1.807) is 0 Å². The molecule has 0 unspecified atom stereocenters. The third kappa shape index (κ3) is 2.41. The Morgan fingerprint density at radius 1 is 1.38 bits per heavy atom. The maximum Gasteiger partial charge on any atom is 0.433 e. The Morgan fingerprint density at radius 3 is 2.31 bits per heavy atom. The van der Waals surface area contributed by atoms with Gasteiger partial charge in [0, 0.05) is 18.3 Å². The topological polar surface area (TPSA) is 38.9 Å². The lowest BCUT2D eigenvalue weighted by Gasteiger charge is -2.14. The monoisotopic (exact) mass is 260 g/mol. The van der Waals surface area contributed by atoms with Crippen LogP contribution in [0.2, 0.25) is 5.02 Å². The molecule has 16 heavy (non-hydrogen) atoms. The summed E-state index contributed by atoms with van der Waals surface area (Å²) in [5.41, 5.74) is 2.35. The largest absolute Gasteiger partial charge is 0.433 e. The van der Waals surface area contributed by atoms with Crippen molar-refractivity contribution in [3.63, 3.8) is 0 Å². The molecule has 0 aliphatic rings. The molecule has 1 aromatic rings. The van der Waals surface area contributed by atoms with Gasteiger partial charge in [-0.25, -0.2) is 8.78 Å². The third-order valence-corrected chi connectivity index (χ3v) is 2.29. The molecule has 2 nitrogen and oxygen atoms in total. The molecule has 0 spiro atoms. The van der Waals surface area contributed by atoms with Crippen molar-refractivity contribution in [3.05, 3.63) is 28.0 Å². The van der Waals surface area contributed by atoms with Crippen molar-refractivity contribution >= 4 is 11.6 Å². The van der Waals surface area contributed by atoms with E-state index in [-0.39, 0.29) is 0 Å². The van der Waals surface area contributed by atoms with Crippen LogP contribution < -0.4 is 5.73 Å². The standard InChI is InChI=1S/C8H6ClF5N2/c9-5-3(1-15)6(8(12,13)14)16-2-4(5)7(10)11/h2,7H,1,15H2. The number of nitrogens with two attached hydrogens (primary N) is 1. The van der Waals surface area contributed by atoms with Gasteiger partial charge >= 0.3 is 6.18 Å². The molecule has 90 valence electrons. The van der Waals surface area contributed by atoms with Crippen LogP contribution in [0.5, 0.6) is 0 Å². The summed E-state index contributed by atoms with van der Waals surface area (Å²) < 4.78 is 61.8. The molecule has 0 aromatic carbocycles. The zero-order valence-corrected chi connectivity index (χ0v) is 8.41. The Balaban J connectivity index is 3.41. The molecule has 8 heteroatoms. The zero-order valence-electron chi connectivity index (χ0n) is 7.65. The lowest BCUT2D eigenvalue weighted by atomic mass is 10.1. The van der Waals surface area contributed by atoms with Gasteiger partial charge in [-0.15, -0.1) is 0 Å². The van der Waals surface area contributed by atoms with Gasteiger partial charge in [0.05, 0.1) is 10.6 Å². The van der Waals surface area contributed by atoms with E-state index < -0.39 is 41.0 Å². The predicted octanol–water partition coefficient (Wildman–Crippen LogP) is 3.15. The van der Waals surface area contributed by atoms with E-state index in [0.717, 1.165) is 0 Å². The molecule has 1 aromatic heterocycles. The Hall–Kier alpha value is -0.950. The molecular weight excluding hydrogens is 255 g/mol. The van der Waals surface area contributed by atoms with Gasteiger partial charge in [-0.2, -0.15) is 13.2 Å². The van der Waals surface area contributed by atoms with Crippen LogP contribution in [0.1, 0.15) is 23.2 Å². The highest BCUT2D eigenvalue weighted by molar-refractivity contribution is 6.32. The molecular formula is C8H6ClF5N2. The van der Waals surface area contributed by atoms with E-state index >= 15 is 0 Å². The fourth-order valence-electron chi connectivity index (χ4n) is 1.13. The van der Waals surface area contributed by atoms with Gasteiger partial charge in [0.25, 0.3) is 6.43 Å². The second kappa shape index (κ2) is 4.50. The van der Waals surface area contributed by atoms with Crippen LogP contribution in [0.15, 0.2) is 6.20 Å². The van der Waals surface area contributed by atoms with Crippen LogP contribution in [0, 0.1) is 0 Å². The van der Waals surface area contributed by atoms with Gasteiger partial charge < -0.3 is 5.73 Å². The van der Waals surface area contributed by atoms with Crippen LogP contribution in [0.4, 0.5) is 22.0 Å². The maximum absolute atomic E-state index is 12.4. The molecule has 0 aliphatic carbocycles. The average molecular weight is 261 g/mol. The fourth-order valence-corrected chi connectivity index (χ4v) is 1.43. The van der Waals surface area contributed by atoms with E-state index in [4.69, 9.17) is 17.3 Å². The van der Waals surface area contributed by atoms with E-state index in [1.807, 2.05) is 0 Å². The molecule has 0 saturated heterocycles. The predicted molar refractivity (Wildman–Crippen MR) is 47.1 cm³/mol. The van der Waals surface area contributed by atoms with Crippen LogP contribution in [0.25, 0.3) is 0 Å². The van der Waals surface area contributed by atoms with Crippen LogP contribution in [0.3, 0.4) is 0 Å². The van der Waals surface area contributed by atoms with Crippen molar-refractivity contribution in [3.8, 4) is 0 Å². The van der Waals surface area contributed by atoms with Gasteiger partial charge in [0.15, 0.2) is 0 Å². The van der Waals surface area contributed by atoms with Gasteiger partial charge in [-0.05, 0) is 0 Å². The number of hydrogen-bond acceptors (Lipinski definition) is 2. The molecule has 0 amide bonds. The van der Waals surface area contributed by atoms with Crippen molar-refractivity contribution < 1.29 is 22.0 Å². The number of pyridine rings is 1. The molecule has 0 bridgehead atoms. The minimum absolute atomic E-state index is 0.412. The molecule has 1 rings (SSSR count). The summed E-state index contributed by atoms with van der Waals surface area (Å²) in [7, 11) is 0. The van der Waals surface area contributed by atoms with Crippen molar-refractivity contribution in [1.82, 2.24) is 4.98 Å². The summed E-state index contributed by atoms with van der Waals surface area (Å²) in [5.74, 6) is 0. The van der Waals surface area contributed by atoms with Crippen LogP contribution in [-0.4, -0.2) is 4.98 Å². The summed E-state index contributed by atoms with van der Waals surface area (Å²) >= 11 is 5.42. The summed E-state index contributed by atoms with van der Waals surface area (Å²) in [4.78, 5) is 2.93. The minimum Gasteiger partial charge on any atom is -0.326 e. The smallest absolute Gasteiger partial charge is 0.326 e. The first-order valence-corrected chi connectivity index (χ1v) is 4.39. The Morgan fingerprint density at radius 2 is 1.94 bits per heavy atom. The molecule has 0 fully saturated rings. The minimum atomic E-state index is -4.76. The number of rotatable bonds is 2. The first-order valence-electron chi connectivity index (χ1n) is 4.01. The van der Waals surface area contributed by atoms with E-state index in [9.17, 15) is 22.0 Å². The zero-order chi connectivity index (χ0) is 12.5. The molecule has 0 aliphatic heterocycles. The van der Waals surface area contributed by atoms with Gasteiger partial charge in [0.2, 0.25) is 0 Å². The van der Waals surface area contributed by atoms with E-state index in [0.29, 0.717) is 6.20 Å². The normalized spacial score (nSPS) is 12.2. The number of aromatic nitrogens is 1. The third-order valence-electron chi connectivity index (χ3n) is 1.84. The van der Waals surface area contributed by atoms with Gasteiger partial charge in [-0.1, -0.05) is 11.6 Å². The number of halogens is 6. The Kier molecular flexibility index (Phi) is 3.69. The molecule has 2 N–H and O–H groups in total. The van der Waals surface area contributed by atoms with Gasteiger partial charge in [0.1, 0.15) is 5.69 Å². The maximum atomic E-state index is 12.4. The summed E-state index contributed by atoms with van der Waals surface area (Å²) in [6.07, 6.45) is -7.35. The van der Waals surface area contributed by atoms with Gasteiger partial charge in [-0.3, -0.25) is 4.98 Å². The van der Waals surface area contributed by atoms with E-state index in [2.05, 4.69) is 4.98 Å². The fraction of sp³-hybridized carbons (Fsp3) is 0.375. The second-order valence-corrected chi connectivity index (χ2v) is 3.24. The number of alkyl halides is 5. The quantitative estimate of drug-likeness (QED) is 0.830. The highest BCUT2D eigenvalue weighted by Gasteiger charge is 2.37.